The fraction of sp³-hybridized carbons (Fsp3) is 0.222. The number of anilines is 1. The predicted molar refractivity (Wildman–Crippen MR) is 99.5 cm³/mol. The minimum absolute atomic E-state index is 0.119. The number of pyridine rings is 1. The Morgan fingerprint density at radius 3 is 2.80 bits per heavy atom. The second kappa shape index (κ2) is 7.94. The third-order valence-corrected chi connectivity index (χ3v) is 4.54. The SMILES string of the molecule is CCn1c(SCC(=O)Nc2ccccn2)nnc1-c1cccc(C)c1. The molecule has 0 unspecified atom stereocenters. The van der Waals surface area contributed by atoms with Crippen LogP contribution in [0.3, 0.4) is 0 Å². The molecule has 0 aliphatic rings. The number of amides is 1. The summed E-state index contributed by atoms with van der Waals surface area (Å²) in [6, 6.07) is 13.6. The highest BCUT2D eigenvalue weighted by atomic mass is 32.2. The molecular formula is C18H19N5OS. The van der Waals surface area contributed by atoms with Crippen molar-refractivity contribution < 1.29 is 4.79 Å². The number of hydrogen-bond acceptors (Lipinski definition) is 5. The number of aromatic nitrogens is 4. The van der Waals surface area contributed by atoms with Crippen molar-refractivity contribution in [3.8, 4) is 11.4 Å². The molecule has 2 aromatic heterocycles. The first-order valence-electron chi connectivity index (χ1n) is 8.01. The van der Waals surface area contributed by atoms with E-state index in [-0.39, 0.29) is 11.7 Å². The van der Waals surface area contributed by atoms with Gasteiger partial charge >= 0.3 is 0 Å². The molecule has 1 amide bonds. The van der Waals surface area contributed by atoms with Crippen molar-refractivity contribution >= 4 is 23.5 Å². The maximum atomic E-state index is 12.1. The maximum absolute atomic E-state index is 12.1. The molecule has 0 atom stereocenters. The molecule has 3 rings (SSSR count). The molecule has 0 fully saturated rings. The first-order chi connectivity index (χ1) is 12.2. The lowest BCUT2D eigenvalue weighted by atomic mass is 10.1. The van der Waals surface area contributed by atoms with Crippen molar-refractivity contribution in [3.05, 3.63) is 54.2 Å². The summed E-state index contributed by atoms with van der Waals surface area (Å²) in [5.74, 6) is 1.50. The second-order valence-electron chi connectivity index (χ2n) is 5.47. The Balaban J connectivity index is 1.70. The smallest absolute Gasteiger partial charge is 0.236 e. The molecule has 0 saturated carbocycles. The van der Waals surface area contributed by atoms with Crippen molar-refractivity contribution in [3.63, 3.8) is 0 Å². The lowest BCUT2D eigenvalue weighted by Crippen LogP contribution is -2.15. The zero-order valence-corrected chi connectivity index (χ0v) is 15.0. The van der Waals surface area contributed by atoms with Crippen LogP contribution in [0.2, 0.25) is 0 Å². The molecule has 3 aromatic rings. The largest absolute Gasteiger partial charge is 0.310 e. The Morgan fingerprint density at radius 2 is 2.08 bits per heavy atom. The quantitative estimate of drug-likeness (QED) is 0.688. The van der Waals surface area contributed by atoms with Gasteiger partial charge in [-0.3, -0.25) is 4.79 Å². The molecule has 0 bridgehead atoms. The predicted octanol–water partition coefficient (Wildman–Crippen LogP) is 3.40. The average Bonchev–Trinajstić information content (AvgIpc) is 3.04. The number of thioether (sulfide) groups is 1. The van der Waals surface area contributed by atoms with Crippen molar-refractivity contribution in [2.75, 3.05) is 11.1 Å². The maximum Gasteiger partial charge on any atom is 0.236 e. The van der Waals surface area contributed by atoms with E-state index in [1.165, 1.54) is 17.3 Å². The van der Waals surface area contributed by atoms with Gasteiger partial charge in [0.05, 0.1) is 5.75 Å². The molecule has 0 aliphatic heterocycles. The van der Waals surface area contributed by atoms with Crippen LogP contribution in [0.25, 0.3) is 11.4 Å². The minimum Gasteiger partial charge on any atom is -0.310 e. The van der Waals surface area contributed by atoms with Gasteiger partial charge in [0.2, 0.25) is 5.91 Å². The monoisotopic (exact) mass is 353 g/mol. The van der Waals surface area contributed by atoms with Gasteiger partial charge in [0, 0.05) is 18.3 Å². The van der Waals surface area contributed by atoms with E-state index in [0.717, 1.165) is 23.1 Å². The van der Waals surface area contributed by atoms with E-state index in [2.05, 4.69) is 26.6 Å². The third-order valence-electron chi connectivity index (χ3n) is 3.57. The van der Waals surface area contributed by atoms with Crippen LogP contribution in [0.15, 0.2) is 53.8 Å². The molecule has 0 saturated heterocycles. The topological polar surface area (TPSA) is 72.7 Å². The molecule has 25 heavy (non-hydrogen) atoms. The number of carbonyl (C=O) groups excluding carboxylic acids is 1. The Bertz CT molecular complexity index is 863. The van der Waals surface area contributed by atoms with E-state index in [4.69, 9.17) is 0 Å². The number of aryl methyl sites for hydroxylation is 1. The van der Waals surface area contributed by atoms with Gasteiger partial charge < -0.3 is 9.88 Å². The highest BCUT2D eigenvalue weighted by Gasteiger charge is 2.14. The zero-order valence-electron chi connectivity index (χ0n) is 14.1. The number of rotatable bonds is 6. The molecule has 6 nitrogen and oxygen atoms in total. The van der Waals surface area contributed by atoms with Crippen LogP contribution in [0.4, 0.5) is 5.82 Å². The summed E-state index contributed by atoms with van der Waals surface area (Å²) in [6.07, 6.45) is 1.64. The fourth-order valence-corrected chi connectivity index (χ4v) is 3.23. The van der Waals surface area contributed by atoms with E-state index in [9.17, 15) is 4.79 Å². The van der Waals surface area contributed by atoms with E-state index in [0.29, 0.717) is 5.82 Å². The highest BCUT2D eigenvalue weighted by molar-refractivity contribution is 7.99. The van der Waals surface area contributed by atoms with Gasteiger partial charge in [-0.2, -0.15) is 0 Å². The molecule has 0 spiro atoms. The van der Waals surface area contributed by atoms with Crippen LogP contribution in [0.5, 0.6) is 0 Å². The van der Waals surface area contributed by atoms with E-state index >= 15 is 0 Å². The number of hydrogen-bond donors (Lipinski definition) is 1. The third kappa shape index (κ3) is 4.24. The van der Waals surface area contributed by atoms with Crippen molar-refractivity contribution in [1.82, 2.24) is 19.7 Å². The Morgan fingerprint density at radius 1 is 1.20 bits per heavy atom. The normalized spacial score (nSPS) is 10.6. The van der Waals surface area contributed by atoms with Crippen molar-refractivity contribution in [2.24, 2.45) is 0 Å². The average molecular weight is 353 g/mol. The number of nitrogens with zero attached hydrogens (tertiary/aromatic N) is 4. The lowest BCUT2D eigenvalue weighted by Gasteiger charge is -2.08. The second-order valence-corrected chi connectivity index (χ2v) is 6.41. The molecule has 7 heteroatoms. The van der Waals surface area contributed by atoms with E-state index in [1.807, 2.05) is 42.7 Å². The van der Waals surface area contributed by atoms with Crippen LogP contribution >= 0.6 is 11.8 Å². The van der Waals surface area contributed by atoms with Gasteiger partial charge in [0.25, 0.3) is 0 Å². The summed E-state index contributed by atoms with van der Waals surface area (Å²) in [5.41, 5.74) is 2.20. The van der Waals surface area contributed by atoms with Gasteiger partial charge in [0.15, 0.2) is 11.0 Å². The summed E-state index contributed by atoms with van der Waals surface area (Å²) in [5, 5.41) is 12.1. The van der Waals surface area contributed by atoms with Gasteiger partial charge in [-0.25, -0.2) is 4.98 Å². The first kappa shape index (κ1) is 17.2. The fourth-order valence-electron chi connectivity index (χ4n) is 2.42. The van der Waals surface area contributed by atoms with Gasteiger partial charge in [-0.1, -0.05) is 41.6 Å². The van der Waals surface area contributed by atoms with Crippen LogP contribution in [-0.2, 0) is 11.3 Å². The molecule has 1 N–H and O–H groups in total. The van der Waals surface area contributed by atoms with Gasteiger partial charge in [-0.15, -0.1) is 10.2 Å². The van der Waals surface area contributed by atoms with Crippen molar-refractivity contribution in [1.29, 1.82) is 0 Å². The Kier molecular flexibility index (Phi) is 5.45. The molecule has 1 aromatic carbocycles. The van der Waals surface area contributed by atoms with E-state index < -0.39 is 0 Å². The lowest BCUT2D eigenvalue weighted by molar-refractivity contribution is -0.113. The molecule has 2 heterocycles. The van der Waals surface area contributed by atoms with Crippen LogP contribution in [-0.4, -0.2) is 31.4 Å². The Labute approximate surface area is 150 Å². The summed E-state index contributed by atoms with van der Waals surface area (Å²) in [6.45, 7) is 4.83. The summed E-state index contributed by atoms with van der Waals surface area (Å²) in [7, 11) is 0. The molecular weight excluding hydrogens is 334 g/mol. The molecule has 0 aliphatic carbocycles. The zero-order chi connectivity index (χ0) is 17.6. The summed E-state index contributed by atoms with van der Waals surface area (Å²) < 4.78 is 2.02. The summed E-state index contributed by atoms with van der Waals surface area (Å²) in [4.78, 5) is 16.2. The number of carbonyl (C=O) groups is 1. The number of nitrogens with one attached hydrogen (secondary N) is 1. The minimum atomic E-state index is -0.119. The van der Waals surface area contributed by atoms with Crippen LogP contribution < -0.4 is 5.32 Å². The van der Waals surface area contributed by atoms with E-state index in [1.54, 1.807) is 18.3 Å². The van der Waals surface area contributed by atoms with Crippen molar-refractivity contribution in [2.45, 2.75) is 25.5 Å². The molecule has 128 valence electrons. The number of benzene rings is 1. The van der Waals surface area contributed by atoms with Crippen LogP contribution in [0, 0.1) is 6.92 Å². The van der Waals surface area contributed by atoms with Gasteiger partial charge in [0.1, 0.15) is 5.82 Å². The standard InChI is InChI=1S/C18H19N5OS/c1-3-23-17(14-8-6-7-13(2)11-14)21-22-18(23)25-12-16(24)20-15-9-4-5-10-19-15/h4-11H,3,12H2,1-2H3,(H,19,20,24). The first-order valence-corrected chi connectivity index (χ1v) is 9.00. The summed E-state index contributed by atoms with van der Waals surface area (Å²) >= 11 is 1.37. The molecule has 0 radical (unpaired) electrons. The van der Waals surface area contributed by atoms with Crippen LogP contribution in [0.1, 0.15) is 12.5 Å². The Hall–Kier alpha value is -2.67. The van der Waals surface area contributed by atoms with Gasteiger partial charge in [-0.05, 0) is 32.0 Å². The highest BCUT2D eigenvalue weighted by Crippen LogP contribution is 2.24.